The summed E-state index contributed by atoms with van der Waals surface area (Å²) in [4.78, 5) is 41.0. The van der Waals surface area contributed by atoms with E-state index in [1.165, 1.54) is 0 Å². The number of anilines is 3. The third kappa shape index (κ3) is 4.86. The highest BCUT2D eigenvalue weighted by Crippen LogP contribution is 2.31. The number of carbonyl (C=O) groups is 3. The van der Waals surface area contributed by atoms with Crippen molar-refractivity contribution >= 4 is 34.8 Å². The van der Waals surface area contributed by atoms with E-state index in [9.17, 15) is 14.4 Å². The van der Waals surface area contributed by atoms with Gasteiger partial charge in [0.15, 0.2) is 0 Å². The monoisotopic (exact) mass is 408 g/mol. The fraction of sp³-hybridized carbons (Fsp3) is 0.348. The summed E-state index contributed by atoms with van der Waals surface area (Å²) in [6, 6.07) is 12.7. The molecule has 0 aliphatic carbocycles. The van der Waals surface area contributed by atoms with Crippen LogP contribution in [0.15, 0.2) is 42.5 Å². The first-order valence-corrected chi connectivity index (χ1v) is 10.0. The number of hydrogen-bond donors (Lipinski definition) is 2. The van der Waals surface area contributed by atoms with Crippen molar-refractivity contribution in [3.63, 3.8) is 0 Å². The Morgan fingerprint density at radius 2 is 1.87 bits per heavy atom. The van der Waals surface area contributed by atoms with Gasteiger partial charge in [-0.2, -0.15) is 0 Å². The molecular formula is C23H28N4O3. The molecule has 1 aliphatic heterocycles. The van der Waals surface area contributed by atoms with Crippen molar-refractivity contribution in [2.45, 2.75) is 33.2 Å². The Morgan fingerprint density at radius 3 is 2.63 bits per heavy atom. The van der Waals surface area contributed by atoms with Crippen LogP contribution < -0.4 is 15.5 Å². The number of amides is 3. The van der Waals surface area contributed by atoms with E-state index in [0.717, 1.165) is 16.8 Å². The first kappa shape index (κ1) is 21.5. The van der Waals surface area contributed by atoms with Crippen molar-refractivity contribution in [1.29, 1.82) is 0 Å². The largest absolute Gasteiger partial charge is 0.325 e. The minimum Gasteiger partial charge on any atom is -0.325 e. The number of nitrogens with one attached hydrogen (secondary N) is 2. The molecular weight excluding hydrogens is 380 g/mol. The molecule has 3 amide bonds. The number of nitrogens with zero attached hydrogens (tertiary/aromatic N) is 2. The molecule has 2 aromatic rings. The van der Waals surface area contributed by atoms with Crippen molar-refractivity contribution in [2.75, 3.05) is 35.7 Å². The minimum absolute atomic E-state index is 0.0626. The normalized spacial score (nSPS) is 16.0. The van der Waals surface area contributed by atoms with Crippen LogP contribution in [0.4, 0.5) is 17.1 Å². The van der Waals surface area contributed by atoms with Crippen LogP contribution in [0, 0.1) is 13.8 Å². The van der Waals surface area contributed by atoms with Gasteiger partial charge in [-0.3, -0.25) is 19.3 Å². The van der Waals surface area contributed by atoms with Crippen molar-refractivity contribution in [3.8, 4) is 0 Å². The number of rotatable bonds is 5. The van der Waals surface area contributed by atoms with Crippen LogP contribution in [-0.2, 0) is 14.4 Å². The third-order valence-corrected chi connectivity index (χ3v) is 5.33. The quantitative estimate of drug-likeness (QED) is 0.797. The first-order valence-electron chi connectivity index (χ1n) is 10.0. The van der Waals surface area contributed by atoms with Crippen LogP contribution in [0.5, 0.6) is 0 Å². The lowest BCUT2D eigenvalue weighted by Crippen LogP contribution is -2.45. The lowest BCUT2D eigenvalue weighted by Gasteiger charge is -2.29. The van der Waals surface area contributed by atoms with E-state index in [1.54, 1.807) is 22.9 Å². The van der Waals surface area contributed by atoms with E-state index in [4.69, 9.17) is 0 Å². The molecule has 1 atom stereocenters. The van der Waals surface area contributed by atoms with Gasteiger partial charge in [-0.05, 0) is 57.1 Å². The number of benzene rings is 2. The predicted molar refractivity (Wildman–Crippen MR) is 119 cm³/mol. The molecule has 0 aromatic heterocycles. The van der Waals surface area contributed by atoms with E-state index < -0.39 is 0 Å². The Balaban J connectivity index is 1.67. The Hall–Kier alpha value is -3.19. The standard InChI is InChI=1S/C23H28N4O3/c1-15-8-7-10-18(17(15)3)24-22(29)13-26(4)14-23(30)27-16(2)12-21(28)25-19-9-5-6-11-20(19)27/h5-11,16H,12-14H2,1-4H3,(H,24,29)(H,25,28)/t16-/m0/s1. The van der Waals surface area contributed by atoms with Gasteiger partial charge in [-0.25, -0.2) is 0 Å². The van der Waals surface area contributed by atoms with Gasteiger partial charge < -0.3 is 15.5 Å². The average molecular weight is 409 g/mol. The lowest BCUT2D eigenvalue weighted by molar-refractivity contribution is -0.121. The highest BCUT2D eigenvalue weighted by atomic mass is 16.2. The van der Waals surface area contributed by atoms with E-state index in [0.29, 0.717) is 11.4 Å². The number of para-hydroxylation sites is 2. The van der Waals surface area contributed by atoms with Gasteiger partial charge in [0.1, 0.15) is 0 Å². The molecule has 2 N–H and O–H groups in total. The van der Waals surface area contributed by atoms with Crippen LogP contribution in [0.3, 0.4) is 0 Å². The molecule has 158 valence electrons. The SMILES string of the molecule is Cc1cccc(NC(=O)CN(C)CC(=O)N2c3ccccc3NC(=O)C[C@@H]2C)c1C. The molecule has 0 bridgehead atoms. The summed E-state index contributed by atoms with van der Waals surface area (Å²) in [7, 11) is 1.73. The van der Waals surface area contributed by atoms with E-state index in [2.05, 4.69) is 10.6 Å². The second-order valence-electron chi connectivity index (χ2n) is 7.85. The molecule has 0 fully saturated rings. The highest BCUT2D eigenvalue weighted by molar-refractivity contribution is 6.05. The van der Waals surface area contributed by atoms with Gasteiger partial charge in [-0.15, -0.1) is 0 Å². The molecule has 0 unspecified atom stereocenters. The average Bonchev–Trinajstić information content (AvgIpc) is 2.79. The van der Waals surface area contributed by atoms with Crippen LogP contribution in [-0.4, -0.2) is 48.8 Å². The zero-order chi connectivity index (χ0) is 21.8. The second kappa shape index (κ2) is 9.09. The first-order chi connectivity index (χ1) is 14.3. The fourth-order valence-corrected chi connectivity index (χ4v) is 3.65. The van der Waals surface area contributed by atoms with Gasteiger partial charge in [0.05, 0.1) is 24.5 Å². The third-order valence-electron chi connectivity index (χ3n) is 5.33. The van der Waals surface area contributed by atoms with E-state index in [1.807, 2.05) is 57.2 Å². The number of carbonyl (C=O) groups excluding carboxylic acids is 3. The number of hydrogen-bond acceptors (Lipinski definition) is 4. The fourth-order valence-electron chi connectivity index (χ4n) is 3.65. The summed E-state index contributed by atoms with van der Waals surface area (Å²) in [6.45, 7) is 5.96. The molecule has 1 aliphatic rings. The van der Waals surface area contributed by atoms with Crippen molar-refractivity contribution in [3.05, 3.63) is 53.6 Å². The van der Waals surface area contributed by atoms with E-state index >= 15 is 0 Å². The summed E-state index contributed by atoms with van der Waals surface area (Å²) < 4.78 is 0. The molecule has 0 radical (unpaired) electrons. The van der Waals surface area contributed by atoms with Gasteiger partial charge in [0.25, 0.3) is 0 Å². The molecule has 3 rings (SSSR count). The number of aryl methyl sites for hydroxylation is 1. The Morgan fingerprint density at radius 1 is 1.13 bits per heavy atom. The van der Waals surface area contributed by atoms with Crippen molar-refractivity contribution in [1.82, 2.24) is 4.90 Å². The summed E-state index contributed by atoms with van der Waals surface area (Å²) in [5.41, 5.74) is 4.20. The van der Waals surface area contributed by atoms with Crippen LogP contribution in [0.25, 0.3) is 0 Å². The molecule has 0 saturated carbocycles. The Kier molecular flexibility index (Phi) is 6.52. The molecule has 30 heavy (non-hydrogen) atoms. The summed E-state index contributed by atoms with van der Waals surface area (Å²) >= 11 is 0. The number of likely N-dealkylation sites (N-methyl/N-ethyl adjacent to an activating group) is 1. The van der Waals surface area contributed by atoms with Crippen LogP contribution in [0.2, 0.25) is 0 Å². The second-order valence-corrected chi connectivity index (χ2v) is 7.85. The maximum absolute atomic E-state index is 13.1. The highest BCUT2D eigenvalue weighted by Gasteiger charge is 2.30. The summed E-state index contributed by atoms with van der Waals surface area (Å²) in [6.07, 6.45) is 0.219. The van der Waals surface area contributed by atoms with Crippen molar-refractivity contribution < 1.29 is 14.4 Å². The molecule has 0 spiro atoms. The maximum atomic E-state index is 13.1. The van der Waals surface area contributed by atoms with Gasteiger partial charge in [0.2, 0.25) is 17.7 Å². The van der Waals surface area contributed by atoms with Crippen LogP contribution >= 0.6 is 0 Å². The molecule has 2 aromatic carbocycles. The molecule has 0 saturated heterocycles. The zero-order valence-corrected chi connectivity index (χ0v) is 17.9. The Labute approximate surface area is 177 Å². The van der Waals surface area contributed by atoms with Gasteiger partial charge >= 0.3 is 0 Å². The topological polar surface area (TPSA) is 81.8 Å². The summed E-state index contributed by atoms with van der Waals surface area (Å²) in [5, 5.41) is 5.76. The van der Waals surface area contributed by atoms with Gasteiger partial charge in [0, 0.05) is 18.2 Å². The minimum atomic E-state index is -0.279. The van der Waals surface area contributed by atoms with Crippen molar-refractivity contribution in [2.24, 2.45) is 0 Å². The molecule has 7 heteroatoms. The maximum Gasteiger partial charge on any atom is 0.241 e. The number of fused-ring (bicyclic) bond motifs is 1. The molecule has 1 heterocycles. The van der Waals surface area contributed by atoms with E-state index in [-0.39, 0.29) is 43.3 Å². The predicted octanol–water partition coefficient (Wildman–Crippen LogP) is 2.94. The van der Waals surface area contributed by atoms with Crippen LogP contribution in [0.1, 0.15) is 24.5 Å². The van der Waals surface area contributed by atoms with Gasteiger partial charge in [-0.1, -0.05) is 24.3 Å². The molecule has 7 nitrogen and oxygen atoms in total. The smallest absolute Gasteiger partial charge is 0.241 e. The zero-order valence-electron chi connectivity index (χ0n) is 17.9. The lowest BCUT2D eigenvalue weighted by atomic mass is 10.1. The summed E-state index contributed by atoms with van der Waals surface area (Å²) in [5.74, 6) is -0.458. The Bertz CT molecular complexity index is 973.